The van der Waals surface area contributed by atoms with E-state index in [4.69, 9.17) is 5.84 Å². The van der Waals surface area contributed by atoms with E-state index in [1.165, 1.54) is 4.68 Å². The molecule has 0 atom stereocenters. The number of nitrogens with two attached hydrogens (primary N) is 1. The van der Waals surface area contributed by atoms with E-state index >= 15 is 0 Å². The van der Waals surface area contributed by atoms with Crippen LogP contribution in [0.2, 0.25) is 0 Å². The Labute approximate surface area is 76.1 Å². The number of amides is 1. The van der Waals surface area contributed by atoms with Gasteiger partial charge in [0.2, 0.25) is 5.91 Å². The second-order valence-corrected chi connectivity index (χ2v) is 3.24. The van der Waals surface area contributed by atoms with Gasteiger partial charge in [0.15, 0.2) is 0 Å². The van der Waals surface area contributed by atoms with Crippen LogP contribution in [0.1, 0.15) is 18.3 Å². The normalized spacial score (nSPS) is 15.6. The van der Waals surface area contributed by atoms with Gasteiger partial charge in [0.05, 0.1) is 17.9 Å². The van der Waals surface area contributed by atoms with Gasteiger partial charge in [0.25, 0.3) is 0 Å². The molecule has 5 heteroatoms. The van der Waals surface area contributed by atoms with Crippen LogP contribution in [0.3, 0.4) is 0 Å². The molecule has 5 nitrogen and oxygen atoms in total. The van der Waals surface area contributed by atoms with Crippen molar-refractivity contribution in [3.05, 3.63) is 17.7 Å². The molecule has 2 N–H and O–H groups in total. The van der Waals surface area contributed by atoms with Crippen LogP contribution in [0.25, 0.3) is 0 Å². The maximum Gasteiger partial charge on any atom is 0.219 e. The van der Waals surface area contributed by atoms with Crippen molar-refractivity contribution in [2.24, 2.45) is 0 Å². The zero-order chi connectivity index (χ0) is 9.42. The molecule has 70 valence electrons. The van der Waals surface area contributed by atoms with Crippen LogP contribution >= 0.6 is 0 Å². The van der Waals surface area contributed by atoms with Gasteiger partial charge in [-0.1, -0.05) is 0 Å². The molecular weight excluding hydrogens is 168 g/mol. The van der Waals surface area contributed by atoms with Gasteiger partial charge in [-0.25, -0.2) is 4.98 Å². The molecule has 0 aliphatic carbocycles. The number of aromatic nitrogens is 2. The minimum absolute atomic E-state index is 0.0946. The highest BCUT2D eigenvalue weighted by Crippen LogP contribution is 2.15. The van der Waals surface area contributed by atoms with E-state index in [9.17, 15) is 4.79 Å². The largest absolute Gasteiger partial charge is 0.338 e. The summed E-state index contributed by atoms with van der Waals surface area (Å²) < 4.78 is 1.53. The summed E-state index contributed by atoms with van der Waals surface area (Å²) in [4.78, 5) is 17.0. The fraction of sp³-hybridized carbons (Fsp3) is 0.500. The minimum Gasteiger partial charge on any atom is -0.338 e. The number of nitrogen functional groups attached to an aromatic ring is 1. The van der Waals surface area contributed by atoms with Crippen molar-refractivity contribution in [3.63, 3.8) is 0 Å². The first-order chi connectivity index (χ1) is 6.18. The summed E-state index contributed by atoms with van der Waals surface area (Å²) in [6.45, 7) is 2.91. The smallest absolute Gasteiger partial charge is 0.219 e. The molecular formula is C8H12N4O. The van der Waals surface area contributed by atoms with Crippen molar-refractivity contribution in [1.82, 2.24) is 14.6 Å². The summed E-state index contributed by atoms with van der Waals surface area (Å²) >= 11 is 0. The fourth-order valence-electron chi connectivity index (χ4n) is 1.60. The van der Waals surface area contributed by atoms with Crippen LogP contribution in [0.4, 0.5) is 0 Å². The Morgan fingerprint density at radius 1 is 1.69 bits per heavy atom. The molecule has 0 radical (unpaired) electrons. The van der Waals surface area contributed by atoms with Crippen LogP contribution < -0.4 is 5.84 Å². The second-order valence-electron chi connectivity index (χ2n) is 3.24. The molecule has 1 aromatic rings. The number of imidazole rings is 1. The van der Waals surface area contributed by atoms with Crippen molar-refractivity contribution in [3.8, 4) is 0 Å². The lowest BCUT2D eigenvalue weighted by molar-refractivity contribution is -0.129. The summed E-state index contributed by atoms with van der Waals surface area (Å²) in [5, 5.41) is 0. The lowest BCUT2D eigenvalue weighted by Crippen LogP contribution is -2.35. The van der Waals surface area contributed by atoms with Crippen LogP contribution in [0.15, 0.2) is 6.33 Å². The van der Waals surface area contributed by atoms with Gasteiger partial charge >= 0.3 is 0 Å². The van der Waals surface area contributed by atoms with Gasteiger partial charge in [-0.2, -0.15) is 0 Å². The molecule has 0 saturated carbocycles. The summed E-state index contributed by atoms with van der Waals surface area (Å²) in [5.74, 6) is 5.73. The summed E-state index contributed by atoms with van der Waals surface area (Å²) in [6, 6.07) is 0. The zero-order valence-electron chi connectivity index (χ0n) is 7.53. The Morgan fingerprint density at radius 2 is 2.46 bits per heavy atom. The van der Waals surface area contributed by atoms with Crippen molar-refractivity contribution in [1.29, 1.82) is 0 Å². The Morgan fingerprint density at radius 3 is 3.15 bits per heavy atom. The molecule has 0 fully saturated rings. The zero-order valence-corrected chi connectivity index (χ0v) is 7.53. The van der Waals surface area contributed by atoms with Crippen LogP contribution in [-0.4, -0.2) is 27.0 Å². The second kappa shape index (κ2) is 2.76. The third-order valence-corrected chi connectivity index (χ3v) is 2.39. The molecule has 1 aliphatic rings. The first-order valence-electron chi connectivity index (χ1n) is 4.24. The predicted octanol–water partition coefficient (Wildman–Crippen LogP) is -0.499. The van der Waals surface area contributed by atoms with Gasteiger partial charge < -0.3 is 10.7 Å². The molecule has 0 saturated heterocycles. The van der Waals surface area contributed by atoms with Gasteiger partial charge in [-0.05, 0) is 0 Å². The van der Waals surface area contributed by atoms with E-state index in [2.05, 4.69) is 4.98 Å². The monoisotopic (exact) mass is 180 g/mol. The topological polar surface area (TPSA) is 64.2 Å². The highest BCUT2D eigenvalue weighted by atomic mass is 16.2. The Hall–Kier alpha value is -1.52. The number of hydrogen-bond acceptors (Lipinski definition) is 3. The first kappa shape index (κ1) is 8.10. The van der Waals surface area contributed by atoms with Crippen molar-refractivity contribution in [2.45, 2.75) is 19.9 Å². The lowest BCUT2D eigenvalue weighted by Gasteiger charge is -2.25. The molecule has 2 heterocycles. The third-order valence-electron chi connectivity index (χ3n) is 2.39. The molecule has 0 spiro atoms. The first-order valence-corrected chi connectivity index (χ1v) is 4.24. The van der Waals surface area contributed by atoms with Gasteiger partial charge in [-0.3, -0.25) is 9.47 Å². The van der Waals surface area contributed by atoms with Crippen molar-refractivity contribution in [2.75, 3.05) is 12.4 Å². The number of hydrogen-bond donors (Lipinski definition) is 1. The number of nitrogens with zero attached hydrogens (tertiary/aromatic N) is 3. The quantitative estimate of drug-likeness (QED) is 0.547. The third kappa shape index (κ3) is 1.26. The maximum atomic E-state index is 11.1. The Kier molecular flexibility index (Phi) is 1.72. The van der Waals surface area contributed by atoms with E-state index in [1.54, 1.807) is 18.2 Å². The lowest BCUT2D eigenvalue weighted by atomic mass is 10.1. The molecule has 1 aliphatic heterocycles. The molecule has 0 bridgehead atoms. The summed E-state index contributed by atoms with van der Waals surface area (Å²) in [7, 11) is 0. The molecule has 0 aromatic carbocycles. The van der Waals surface area contributed by atoms with Crippen LogP contribution in [0.5, 0.6) is 0 Å². The molecule has 2 rings (SSSR count). The minimum atomic E-state index is 0.0946. The van der Waals surface area contributed by atoms with E-state index in [0.29, 0.717) is 6.54 Å². The fourth-order valence-corrected chi connectivity index (χ4v) is 1.60. The van der Waals surface area contributed by atoms with Crippen molar-refractivity contribution < 1.29 is 4.79 Å². The average molecular weight is 180 g/mol. The van der Waals surface area contributed by atoms with Gasteiger partial charge in [0.1, 0.15) is 6.33 Å². The summed E-state index contributed by atoms with van der Waals surface area (Å²) in [6.07, 6.45) is 2.39. The van der Waals surface area contributed by atoms with Crippen LogP contribution in [0, 0.1) is 0 Å². The summed E-state index contributed by atoms with van der Waals surface area (Å²) in [5.41, 5.74) is 1.96. The highest BCUT2D eigenvalue weighted by molar-refractivity contribution is 5.73. The molecule has 0 unspecified atom stereocenters. The van der Waals surface area contributed by atoms with E-state index < -0.39 is 0 Å². The standard InChI is InChI=1S/C8H12N4O/c1-6(13)11-3-2-8-7(4-11)10-5-12(8)9/h5H,2-4,9H2,1H3. The van der Waals surface area contributed by atoms with Gasteiger partial charge in [0, 0.05) is 19.9 Å². The number of carbonyl (C=O) groups is 1. The number of rotatable bonds is 0. The number of fused-ring (bicyclic) bond motifs is 1. The van der Waals surface area contributed by atoms with Crippen LogP contribution in [-0.2, 0) is 17.8 Å². The average Bonchev–Trinajstić information content (AvgIpc) is 2.47. The van der Waals surface area contributed by atoms with E-state index in [-0.39, 0.29) is 5.91 Å². The number of carbonyl (C=O) groups excluding carboxylic acids is 1. The molecule has 1 amide bonds. The van der Waals surface area contributed by atoms with Crippen molar-refractivity contribution >= 4 is 5.91 Å². The molecule has 1 aromatic heterocycles. The van der Waals surface area contributed by atoms with Gasteiger partial charge in [-0.15, -0.1) is 0 Å². The predicted molar refractivity (Wildman–Crippen MR) is 47.2 cm³/mol. The maximum absolute atomic E-state index is 11.1. The highest BCUT2D eigenvalue weighted by Gasteiger charge is 2.21. The SMILES string of the molecule is CC(=O)N1CCc2c(ncn2N)C1. The Balaban J connectivity index is 2.25. The van der Waals surface area contributed by atoms with E-state index in [0.717, 1.165) is 24.4 Å². The van der Waals surface area contributed by atoms with E-state index in [1.807, 2.05) is 0 Å². The Bertz CT molecular complexity index is 344. The molecule has 13 heavy (non-hydrogen) atoms.